The van der Waals surface area contributed by atoms with Gasteiger partial charge in [0.1, 0.15) is 17.7 Å². The average Bonchev–Trinajstić information content (AvgIpc) is 2.95. The molecule has 0 saturated heterocycles. The number of hydrogen-bond donors (Lipinski definition) is 3. The van der Waals surface area contributed by atoms with E-state index in [4.69, 9.17) is 5.73 Å². The Bertz CT molecular complexity index is 1020. The number of benzene rings is 2. The lowest BCUT2D eigenvalue weighted by Gasteiger charge is -2.35. The molecule has 9 heteroatoms. The van der Waals surface area contributed by atoms with Gasteiger partial charge in [0, 0.05) is 18.5 Å². The van der Waals surface area contributed by atoms with Crippen molar-refractivity contribution in [1.82, 2.24) is 10.2 Å². The van der Waals surface area contributed by atoms with Crippen LogP contribution in [-0.4, -0.2) is 46.4 Å². The Morgan fingerprint density at radius 2 is 1.75 bits per heavy atom. The fraction of sp³-hybridized carbons (Fsp3) is 0.261. The number of rotatable bonds is 5. The summed E-state index contributed by atoms with van der Waals surface area (Å²) in [6.45, 7) is 1.50. The summed E-state index contributed by atoms with van der Waals surface area (Å²) in [4.78, 5) is 39.9. The van der Waals surface area contributed by atoms with Crippen molar-refractivity contribution >= 4 is 17.7 Å². The minimum Gasteiger partial charge on any atom is -0.378 e. The van der Waals surface area contributed by atoms with Gasteiger partial charge in [-0.3, -0.25) is 19.3 Å². The Morgan fingerprint density at radius 3 is 2.34 bits per heavy atom. The summed E-state index contributed by atoms with van der Waals surface area (Å²) in [5.74, 6) is -5.51. The van der Waals surface area contributed by atoms with Crippen LogP contribution in [-0.2, 0) is 14.4 Å². The van der Waals surface area contributed by atoms with Gasteiger partial charge in [-0.1, -0.05) is 42.5 Å². The van der Waals surface area contributed by atoms with Crippen LogP contribution in [0.15, 0.2) is 60.7 Å². The van der Waals surface area contributed by atoms with Crippen molar-refractivity contribution in [3.8, 4) is 0 Å². The Kier molecular flexibility index (Phi) is 7.12. The van der Waals surface area contributed by atoms with Crippen molar-refractivity contribution in [2.45, 2.75) is 31.0 Å². The number of hydrogen-bond acceptors (Lipinski definition) is 5. The molecule has 3 amide bonds. The van der Waals surface area contributed by atoms with Gasteiger partial charge in [0.25, 0.3) is 5.91 Å². The van der Waals surface area contributed by atoms with Crippen LogP contribution in [0.2, 0.25) is 0 Å². The molecule has 2 aromatic carbocycles. The van der Waals surface area contributed by atoms with Gasteiger partial charge in [-0.05, 0) is 30.2 Å². The Balaban J connectivity index is 2.10. The van der Waals surface area contributed by atoms with Gasteiger partial charge in [-0.25, -0.2) is 8.78 Å². The maximum absolute atomic E-state index is 13.7. The first-order chi connectivity index (χ1) is 15.2. The number of imide groups is 1. The van der Waals surface area contributed by atoms with Crippen molar-refractivity contribution in [2.24, 2.45) is 5.73 Å². The molecule has 0 saturated carbocycles. The lowest BCUT2D eigenvalue weighted by Crippen LogP contribution is -2.58. The number of halogens is 2. The van der Waals surface area contributed by atoms with E-state index in [2.05, 4.69) is 5.32 Å². The molecule has 1 aliphatic heterocycles. The van der Waals surface area contributed by atoms with Crippen molar-refractivity contribution in [1.29, 1.82) is 0 Å². The van der Waals surface area contributed by atoms with Gasteiger partial charge < -0.3 is 16.2 Å². The summed E-state index contributed by atoms with van der Waals surface area (Å²) in [7, 11) is 0. The molecule has 1 heterocycles. The highest BCUT2D eigenvalue weighted by atomic mass is 19.1. The van der Waals surface area contributed by atoms with Crippen molar-refractivity contribution in [2.75, 3.05) is 6.54 Å². The van der Waals surface area contributed by atoms with Crippen molar-refractivity contribution in [3.05, 3.63) is 83.4 Å². The lowest BCUT2D eigenvalue weighted by molar-refractivity contribution is -0.158. The fourth-order valence-electron chi connectivity index (χ4n) is 3.60. The third-order valence-corrected chi connectivity index (χ3v) is 5.11. The molecule has 2 aromatic rings. The van der Waals surface area contributed by atoms with Crippen LogP contribution in [0, 0.1) is 11.6 Å². The van der Waals surface area contributed by atoms with E-state index in [9.17, 15) is 28.3 Å². The summed E-state index contributed by atoms with van der Waals surface area (Å²) in [6, 6.07) is 8.31. The summed E-state index contributed by atoms with van der Waals surface area (Å²) in [6.07, 6.45) is 1.27. The van der Waals surface area contributed by atoms with E-state index in [-0.39, 0.29) is 6.54 Å². The standard InChI is InChI=1S/C23H23F2N3O4/c1-13(26)22(31)28(23(32)20(29)15-10-16(24)12-17(25)11-15)19-18(8-5-9-27-21(19)30)14-6-3-2-4-7-14/h2-8,10-13,18-20,29H,9,26H2,1H3,(H,27,30)/t13-,18+,19-,20+/m0/s1. The van der Waals surface area contributed by atoms with Crippen molar-refractivity contribution < 1.29 is 28.3 Å². The number of aliphatic hydroxyl groups excluding tert-OH is 1. The van der Waals surface area contributed by atoms with Gasteiger partial charge >= 0.3 is 0 Å². The minimum absolute atomic E-state index is 0.171. The van der Waals surface area contributed by atoms with Crippen LogP contribution in [0.3, 0.4) is 0 Å². The summed E-state index contributed by atoms with van der Waals surface area (Å²) >= 11 is 0. The molecule has 3 rings (SSSR count). The molecule has 0 spiro atoms. The van der Waals surface area contributed by atoms with Gasteiger partial charge in [0.05, 0.1) is 6.04 Å². The highest BCUT2D eigenvalue weighted by molar-refractivity contribution is 6.04. The zero-order chi connectivity index (χ0) is 23.4. The monoisotopic (exact) mass is 443 g/mol. The number of amides is 3. The molecule has 7 nitrogen and oxygen atoms in total. The number of nitrogens with one attached hydrogen (secondary N) is 1. The molecule has 0 fully saturated rings. The largest absolute Gasteiger partial charge is 0.378 e. The molecule has 4 atom stereocenters. The molecule has 0 aromatic heterocycles. The first-order valence-electron chi connectivity index (χ1n) is 9.96. The Labute approximate surface area is 183 Å². The number of nitrogens with two attached hydrogens (primary N) is 1. The molecular weight excluding hydrogens is 420 g/mol. The van der Waals surface area contributed by atoms with E-state index in [1.165, 1.54) is 6.92 Å². The third kappa shape index (κ3) is 4.90. The van der Waals surface area contributed by atoms with Crippen molar-refractivity contribution in [3.63, 3.8) is 0 Å². The molecule has 1 aliphatic rings. The topological polar surface area (TPSA) is 113 Å². The van der Waals surface area contributed by atoms with Crippen LogP contribution in [0.25, 0.3) is 0 Å². The zero-order valence-electron chi connectivity index (χ0n) is 17.2. The summed E-state index contributed by atoms with van der Waals surface area (Å²) in [5.41, 5.74) is 6.00. The first kappa shape index (κ1) is 23.2. The normalized spacial score (nSPS) is 20.1. The Hall–Kier alpha value is -3.43. The van der Waals surface area contributed by atoms with Gasteiger partial charge in [-0.2, -0.15) is 0 Å². The second-order valence-electron chi connectivity index (χ2n) is 7.50. The van der Waals surface area contributed by atoms with Gasteiger partial charge in [0.2, 0.25) is 11.8 Å². The second-order valence-corrected chi connectivity index (χ2v) is 7.50. The molecule has 0 bridgehead atoms. The molecule has 0 aliphatic carbocycles. The second kappa shape index (κ2) is 9.80. The maximum atomic E-state index is 13.7. The molecule has 32 heavy (non-hydrogen) atoms. The molecular formula is C23H23F2N3O4. The SMILES string of the molecule is C[C@H](N)C(=O)N(C(=O)[C@H](O)c1cc(F)cc(F)c1)[C@@H]1C(=O)NCC=C[C@@H]1c1ccccc1. The number of aliphatic hydroxyl groups is 1. The maximum Gasteiger partial charge on any atom is 0.263 e. The van der Waals surface area contributed by atoms with Crippen LogP contribution in [0.4, 0.5) is 8.78 Å². The molecule has 168 valence electrons. The summed E-state index contributed by atoms with van der Waals surface area (Å²) in [5, 5.41) is 13.2. The van der Waals surface area contributed by atoms with E-state index in [0.29, 0.717) is 16.5 Å². The molecule has 0 radical (unpaired) electrons. The first-order valence-corrected chi connectivity index (χ1v) is 9.96. The van der Waals surface area contributed by atoms with E-state index >= 15 is 0 Å². The zero-order valence-corrected chi connectivity index (χ0v) is 17.2. The number of carbonyl (C=O) groups is 3. The molecule has 4 N–H and O–H groups in total. The van der Waals surface area contributed by atoms with Crippen LogP contribution < -0.4 is 11.1 Å². The highest BCUT2D eigenvalue weighted by Crippen LogP contribution is 2.30. The predicted octanol–water partition coefficient (Wildman–Crippen LogP) is 1.54. The molecule has 0 unspecified atom stereocenters. The van der Waals surface area contributed by atoms with E-state index in [1.54, 1.807) is 42.5 Å². The Morgan fingerprint density at radius 1 is 1.12 bits per heavy atom. The highest BCUT2D eigenvalue weighted by Gasteiger charge is 2.43. The van der Waals surface area contributed by atoms with Crippen LogP contribution in [0.5, 0.6) is 0 Å². The fourth-order valence-corrected chi connectivity index (χ4v) is 3.60. The van der Waals surface area contributed by atoms with E-state index in [1.807, 2.05) is 0 Å². The summed E-state index contributed by atoms with van der Waals surface area (Å²) < 4.78 is 27.3. The van der Waals surface area contributed by atoms with Gasteiger partial charge in [0.15, 0.2) is 6.10 Å². The predicted molar refractivity (Wildman–Crippen MR) is 112 cm³/mol. The third-order valence-electron chi connectivity index (χ3n) is 5.11. The van der Waals surface area contributed by atoms with Crippen LogP contribution in [0.1, 0.15) is 30.1 Å². The average molecular weight is 443 g/mol. The lowest BCUT2D eigenvalue weighted by atomic mass is 9.89. The van der Waals surface area contributed by atoms with Gasteiger partial charge in [-0.15, -0.1) is 0 Å². The number of nitrogens with zero attached hydrogens (tertiary/aromatic N) is 1. The van der Waals surface area contributed by atoms with E-state index < -0.39 is 59.0 Å². The van der Waals surface area contributed by atoms with Crippen LogP contribution >= 0.6 is 0 Å². The van der Waals surface area contributed by atoms with E-state index in [0.717, 1.165) is 12.1 Å². The number of carbonyl (C=O) groups excluding carboxylic acids is 3. The minimum atomic E-state index is -2.10. The quantitative estimate of drug-likeness (QED) is 0.607. The smallest absolute Gasteiger partial charge is 0.263 e.